The molecule has 0 saturated carbocycles. The van der Waals surface area contributed by atoms with E-state index in [9.17, 15) is 0 Å². The van der Waals surface area contributed by atoms with Gasteiger partial charge in [-0.2, -0.15) is 16.9 Å². The molecular weight excluding hydrogens is 232 g/mol. The molecule has 0 amide bonds. The van der Waals surface area contributed by atoms with Crippen LogP contribution in [0.1, 0.15) is 32.0 Å². The number of thioether (sulfide) groups is 1. The van der Waals surface area contributed by atoms with E-state index < -0.39 is 0 Å². The molecular formula is C12H22N4S. The highest BCUT2D eigenvalue weighted by molar-refractivity contribution is 7.99. The van der Waals surface area contributed by atoms with Crippen molar-refractivity contribution in [2.24, 2.45) is 0 Å². The van der Waals surface area contributed by atoms with Crippen molar-refractivity contribution in [3.05, 3.63) is 12.2 Å². The zero-order chi connectivity index (χ0) is 12.1. The van der Waals surface area contributed by atoms with Crippen LogP contribution in [0.3, 0.4) is 0 Å². The molecule has 0 unspecified atom stereocenters. The second-order valence-corrected chi connectivity index (χ2v) is 5.72. The number of aryl methyl sites for hydroxylation is 1. The molecule has 1 aliphatic rings. The van der Waals surface area contributed by atoms with Gasteiger partial charge in [0.2, 0.25) is 0 Å². The van der Waals surface area contributed by atoms with E-state index in [2.05, 4.69) is 28.2 Å². The number of hydrogen-bond donors (Lipinski definition) is 0. The van der Waals surface area contributed by atoms with Crippen LogP contribution in [0.5, 0.6) is 0 Å². The topological polar surface area (TPSA) is 34.0 Å². The first-order chi connectivity index (χ1) is 8.33. The molecule has 0 aromatic carbocycles. The van der Waals surface area contributed by atoms with Gasteiger partial charge < -0.3 is 0 Å². The van der Waals surface area contributed by atoms with E-state index in [0.29, 0.717) is 0 Å². The minimum atomic E-state index is 0.787. The van der Waals surface area contributed by atoms with Crippen molar-refractivity contribution in [1.82, 2.24) is 19.7 Å². The van der Waals surface area contributed by atoms with Crippen molar-refractivity contribution in [3.63, 3.8) is 0 Å². The first kappa shape index (κ1) is 12.9. The molecule has 2 rings (SSSR count). The molecule has 0 radical (unpaired) electrons. The third-order valence-corrected chi connectivity index (χ3v) is 4.46. The Hall–Kier alpha value is -0.550. The quantitative estimate of drug-likeness (QED) is 0.823. The number of likely N-dealkylation sites (tertiary alicyclic amines) is 1. The zero-order valence-electron chi connectivity index (χ0n) is 10.8. The van der Waals surface area contributed by atoms with Crippen molar-refractivity contribution in [2.45, 2.75) is 44.5 Å². The van der Waals surface area contributed by atoms with E-state index in [1.165, 1.54) is 32.4 Å². The smallest absolute Gasteiger partial charge is 0.140 e. The first-order valence-corrected chi connectivity index (χ1v) is 7.74. The second-order valence-electron chi connectivity index (χ2n) is 4.58. The maximum Gasteiger partial charge on any atom is 0.140 e. The van der Waals surface area contributed by atoms with Crippen molar-refractivity contribution >= 4 is 11.8 Å². The van der Waals surface area contributed by atoms with E-state index >= 15 is 0 Å². The molecule has 0 spiro atoms. The first-order valence-electron chi connectivity index (χ1n) is 6.45. The lowest BCUT2D eigenvalue weighted by molar-refractivity contribution is 0.267. The van der Waals surface area contributed by atoms with Gasteiger partial charge in [0.05, 0.1) is 6.54 Å². The lowest BCUT2D eigenvalue weighted by atomic mass is 10.2. The predicted molar refractivity (Wildman–Crippen MR) is 72.1 cm³/mol. The molecule has 1 saturated heterocycles. The SMILES string of the molecule is CCn1ncnc1CN1CCCC[C@H](SC)C1. The normalized spacial score (nSPS) is 22.6. The third kappa shape index (κ3) is 3.45. The summed E-state index contributed by atoms with van der Waals surface area (Å²) in [6.07, 6.45) is 7.93. The predicted octanol–water partition coefficient (Wildman–Crippen LogP) is 2.02. The standard InChI is InChI=1S/C12H22N4S/c1-3-16-12(13-10-14-16)9-15-7-5-4-6-11(8-15)17-2/h10-11H,3-9H2,1-2H3/t11-/m0/s1. The maximum atomic E-state index is 4.37. The van der Waals surface area contributed by atoms with Gasteiger partial charge in [0.1, 0.15) is 12.2 Å². The molecule has 0 N–H and O–H groups in total. The van der Waals surface area contributed by atoms with E-state index in [4.69, 9.17) is 0 Å². The summed E-state index contributed by atoms with van der Waals surface area (Å²) in [5, 5.41) is 5.02. The van der Waals surface area contributed by atoms with Gasteiger partial charge in [-0.3, -0.25) is 4.90 Å². The van der Waals surface area contributed by atoms with Crippen LogP contribution in [0, 0.1) is 0 Å². The molecule has 1 fully saturated rings. The maximum absolute atomic E-state index is 4.37. The summed E-state index contributed by atoms with van der Waals surface area (Å²) in [6.45, 7) is 6.37. The Morgan fingerprint density at radius 1 is 1.47 bits per heavy atom. The van der Waals surface area contributed by atoms with Crippen molar-refractivity contribution in [2.75, 3.05) is 19.3 Å². The van der Waals surface area contributed by atoms with Crippen LogP contribution in [-0.4, -0.2) is 44.3 Å². The Labute approximate surface area is 108 Å². The van der Waals surface area contributed by atoms with Crippen LogP contribution in [0.4, 0.5) is 0 Å². The largest absolute Gasteiger partial charge is 0.295 e. The van der Waals surface area contributed by atoms with Crippen LogP contribution in [0.2, 0.25) is 0 Å². The molecule has 2 heterocycles. The molecule has 1 aromatic rings. The Morgan fingerprint density at radius 3 is 3.12 bits per heavy atom. The minimum absolute atomic E-state index is 0.787. The van der Waals surface area contributed by atoms with E-state index in [0.717, 1.165) is 24.2 Å². The van der Waals surface area contributed by atoms with Gasteiger partial charge in [0, 0.05) is 18.3 Å². The molecule has 0 bridgehead atoms. The van der Waals surface area contributed by atoms with E-state index in [-0.39, 0.29) is 0 Å². The highest BCUT2D eigenvalue weighted by atomic mass is 32.2. The van der Waals surface area contributed by atoms with Gasteiger partial charge in [0.25, 0.3) is 0 Å². The summed E-state index contributed by atoms with van der Waals surface area (Å²) in [5.74, 6) is 1.11. The van der Waals surface area contributed by atoms with E-state index in [1.807, 2.05) is 16.4 Å². The number of hydrogen-bond acceptors (Lipinski definition) is 4. The Morgan fingerprint density at radius 2 is 2.35 bits per heavy atom. The fourth-order valence-electron chi connectivity index (χ4n) is 2.39. The van der Waals surface area contributed by atoms with Crippen LogP contribution in [0.25, 0.3) is 0 Å². The zero-order valence-corrected chi connectivity index (χ0v) is 11.6. The van der Waals surface area contributed by atoms with Gasteiger partial charge >= 0.3 is 0 Å². The summed E-state index contributed by atoms with van der Waals surface area (Å²) >= 11 is 2.00. The summed E-state index contributed by atoms with van der Waals surface area (Å²) in [6, 6.07) is 0. The minimum Gasteiger partial charge on any atom is -0.295 e. The molecule has 1 aromatic heterocycles. The van der Waals surface area contributed by atoms with Crippen LogP contribution in [0.15, 0.2) is 6.33 Å². The summed E-state index contributed by atoms with van der Waals surface area (Å²) in [7, 11) is 0. The molecule has 96 valence electrons. The number of nitrogens with zero attached hydrogens (tertiary/aromatic N) is 4. The molecule has 4 nitrogen and oxygen atoms in total. The monoisotopic (exact) mass is 254 g/mol. The van der Waals surface area contributed by atoms with E-state index in [1.54, 1.807) is 6.33 Å². The van der Waals surface area contributed by atoms with Crippen LogP contribution < -0.4 is 0 Å². The average molecular weight is 254 g/mol. The Bertz CT molecular complexity index is 339. The van der Waals surface area contributed by atoms with Crippen molar-refractivity contribution in [1.29, 1.82) is 0 Å². The fourth-order valence-corrected chi connectivity index (χ4v) is 3.15. The molecule has 17 heavy (non-hydrogen) atoms. The molecule has 5 heteroatoms. The summed E-state index contributed by atoms with van der Waals surface area (Å²) in [4.78, 5) is 6.90. The number of aromatic nitrogens is 3. The summed E-state index contributed by atoms with van der Waals surface area (Å²) < 4.78 is 2.00. The summed E-state index contributed by atoms with van der Waals surface area (Å²) in [5.41, 5.74) is 0. The van der Waals surface area contributed by atoms with Gasteiger partial charge in [-0.15, -0.1) is 0 Å². The lowest BCUT2D eigenvalue weighted by Crippen LogP contribution is -2.30. The highest BCUT2D eigenvalue weighted by Gasteiger charge is 2.18. The van der Waals surface area contributed by atoms with Gasteiger partial charge in [-0.1, -0.05) is 6.42 Å². The van der Waals surface area contributed by atoms with Gasteiger partial charge in [0.15, 0.2) is 0 Å². The average Bonchev–Trinajstić information content (AvgIpc) is 2.66. The lowest BCUT2D eigenvalue weighted by Gasteiger charge is -2.22. The second kappa shape index (κ2) is 6.40. The molecule has 1 atom stereocenters. The van der Waals surface area contributed by atoms with Gasteiger partial charge in [-0.05, 0) is 32.6 Å². The molecule has 0 aliphatic carbocycles. The Balaban J connectivity index is 1.97. The molecule has 1 aliphatic heterocycles. The van der Waals surface area contributed by atoms with Crippen LogP contribution in [-0.2, 0) is 13.1 Å². The fraction of sp³-hybridized carbons (Fsp3) is 0.833. The number of rotatable bonds is 4. The third-order valence-electron chi connectivity index (χ3n) is 3.41. The van der Waals surface area contributed by atoms with Crippen molar-refractivity contribution < 1.29 is 0 Å². The highest BCUT2D eigenvalue weighted by Crippen LogP contribution is 2.20. The van der Waals surface area contributed by atoms with Crippen LogP contribution >= 0.6 is 11.8 Å². The Kier molecular flexibility index (Phi) is 4.86. The van der Waals surface area contributed by atoms with Gasteiger partial charge in [-0.25, -0.2) is 9.67 Å². The van der Waals surface area contributed by atoms with Crippen molar-refractivity contribution in [3.8, 4) is 0 Å².